The summed E-state index contributed by atoms with van der Waals surface area (Å²) in [7, 11) is 0. The number of hydrogen-bond donors (Lipinski definition) is 2. The molecule has 0 aliphatic rings. The van der Waals surface area contributed by atoms with Crippen LogP contribution in [0.5, 0.6) is 0 Å². The van der Waals surface area contributed by atoms with Crippen LogP contribution in [0, 0.1) is 0 Å². The van der Waals surface area contributed by atoms with Crippen molar-refractivity contribution in [3.8, 4) is 0 Å². The van der Waals surface area contributed by atoms with Crippen molar-refractivity contribution in [2.75, 3.05) is 6.54 Å². The predicted octanol–water partition coefficient (Wildman–Crippen LogP) is 4.22. The molecule has 0 saturated heterocycles. The second kappa shape index (κ2) is 7.91. The summed E-state index contributed by atoms with van der Waals surface area (Å²) in [4.78, 5) is 0. The molecule has 3 aromatic rings. The molecular formula is C22H24N2. The Kier molecular flexibility index (Phi) is 5.42. The first-order valence-corrected chi connectivity index (χ1v) is 8.45. The molecule has 1 atom stereocenters. The van der Waals surface area contributed by atoms with Crippen molar-refractivity contribution < 1.29 is 0 Å². The van der Waals surface area contributed by atoms with Crippen molar-refractivity contribution in [2.45, 2.75) is 18.4 Å². The van der Waals surface area contributed by atoms with E-state index in [-0.39, 0.29) is 12.0 Å². The molecule has 0 radical (unpaired) electrons. The van der Waals surface area contributed by atoms with E-state index < -0.39 is 0 Å². The van der Waals surface area contributed by atoms with Gasteiger partial charge in [0.1, 0.15) is 0 Å². The quantitative estimate of drug-likeness (QED) is 0.669. The lowest BCUT2D eigenvalue weighted by atomic mass is 9.84. The normalized spacial score (nSPS) is 12.3. The summed E-state index contributed by atoms with van der Waals surface area (Å²) in [6.07, 6.45) is 0.796. The fourth-order valence-electron chi connectivity index (χ4n) is 3.18. The Morgan fingerprint density at radius 1 is 0.625 bits per heavy atom. The number of hydrogen-bond acceptors (Lipinski definition) is 2. The lowest BCUT2D eigenvalue weighted by Gasteiger charge is -2.21. The first-order chi connectivity index (χ1) is 11.8. The average molecular weight is 316 g/mol. The molecule has 3 aromatic carbocycles. The van der Waals surface area contributed by atoms with Crippen LogP contribution in [0.4, 0.5) is 0 Å². The van der Waals surface area contributed by atoms with Gasteiger partial charge in [-0.1, -0.05) is 84.9 Å². The van der Waals surface area contributed by atoms with Gasteiger partial charge in [-0.25, -0.2) is 0 Å². The smallest absolute Gasteiger partial charge is 0.0340 e. The molecule has 0 heterocycles. The zero-order valence-corrected chi connectivity index (χ0v) is 13.8. The van der Waals surface area contributed by atoms with Crippen molar-refractivity contribution in [2.24, 2.45) is 11.5 Å². The molecule has 0 bridgehead atoms. The molecule has 0 spiro atoms. The van der Waals surface area contributed by atoms with Gasteiger partial charge >= 0.3 is 0 Å². The zero-order chi connectivity index (χ0) is 16.8. The van der Waals surface area contributed by atoms with Crippen LogP contribution in [0.25, 0.3) is 0 Å². The van der Waals surface area contributed by atoms with Gasteiger partial charge < -0.3 is 11.5 Å². The maximum atomic E-state index is 6.27. The molecule has 2 nitrogen and oxygen atoms in total. The summed E-state index contributed by atoms with van der Waals surface area (Å²) in [6, 6.07) is 29.8. The lowest BCUT2D eigenvalue weighted by molar-refractivity contribution is 0.660. The van der Waals surface area contributed by atoms with Crippen LogP contribution in [-0.2, 0) is 0 Å². The van der Waals surface area contributed by atoms with E-state index in [9.17, 15) is 0 Å². The number of rotatable bonds is 6. The number of benzene rings is 3. The van der Waals surface area contributed by atoms with Crippen LogP contribution >= 0.6 is 0 Å². The highest BCUT2D eigenvalue weighted by Gasteiger charge is 2.17. The fraction of sp³-hybridized carbons (Fsp3) is 0.182. The van der Waals surface area contributed by atoms with Gasteiger partial charge in [0.05, 0.1) is 0 Å². The maximum absolute atomic E-state index is 6.27. The van der Waals surface area contributed by atoms with Crippen molar-refractivity contribution >= 4 is 0 Å². The van der Waals surface area contributed by atoms with Gasteiger partial charge in [-0.2, -0.15) is 0 Å². The van der Waals surface area contributed by atoms with Crippen LogP contribution in [0.15, 0.2) is 84.9 Å². The van der Waals surface area contributed by atoms with E-state index in [4.69, 9.17) is 11.5 Å². The second-order valence-electron chi connectivity index (χ2n) is 6.11. The van der Waals surface area contributed by atoms with Crippen LogP contribution in [0.3, 0.4) is 0 Å². The predicted molar refractivity (Wildman–Crippen MR) is 101 cm³/mol. The van der Waals surface area contributed by atoms with Gasteiger partial charge in [0.15, 0.2) is 0 Å². The van der Waals surface area contributed by atoms with Crippen LogP contribution in [-0.4, -0.2) is 6.54 Å². The lowest BCUT2D eigenvalue weighted by Crippen LogP contribution is -2.15. The monoisotopic (exact) mass is 316 g/mol. The van der Waals surface area contributed by atoms with E-state index in [1.807, 2.05) is 0 Å². The highest BCUT2D eigenvalue weighted by Crippen LogP contribution is 2.32. The molecular weight excluding hydrogens is 292 g/mol. The first-order valence-electron chi connectivity index (χ1n) is 8.45. The first kappa shape index (κ1) is 16.4. The Bertz CT molecular complexity index is 714. The summed E-state index contributed by atoms with van der Waals surface area (Å²) in [5, 5.41) is 0. The molecule has 122 valence electrons. The average Bonchev–Trinajstić information content (AvgIpc) is 2.64. The number of nitrogens with two attached hydrogens (primary N) is 2. The third-order valence-corrected chi connectivity index (χ3v) is 4.42. The van der Waals surface area contributed by atoms with Gasteiger partial charge in [-0.15, -0.1) is 0 Å². The molecule has 1 unspecified atom stereocenters. The minimum Gasteiger partial charge on any atom is -0.330 e. The fourth-order valence-corrected chi connectivity index (χ4v) is 3.18. The zero-order valence-electron chi connectivity index (χ0n) is 13.8. The van der Waals surface area contributed by atoms with E-state index in [0.29, 0.717) is 6.54 Å². The van der Waals surface area contributed by atoms with Gasteiger partial charge in [0.2, 0.25) is 0 Å². The highest BCUT2D eigenvalue weighted by atomic mass is 14.7. The van der Waals surface area contributed by atoms with E-state index in [1.54, 1.807) is 0 Å². The van der Waals surface area contributed by atoms with Crippen molar-refractivity contribution in [3.63, 3.8) is 0 Å². The molecule has 0 aromatic heterocycles. The summed E-state index contributed by atoms with van der Waals surface area (Å²) >= 11 is 0. The van der Waals surface area contributed by atoms with Gasteiger partial charge in [0, 0.05) is 12.0 Å². The third kappa shape index (κ3) is 3.73. The third-order valence-electron chi connectivity index (χ3n) is 4.42. The standard InChI is InChI=1S/C22H24N2/c23-15-14-21(24)19-12-7-13-20(16-19)22(17-8-3-1-4-9-17)18-10-5-2-6-11-18/h1-13,16,21-22H,14-15,23-24H2. The molecule has 0 amide bonds. The summed E-state index contributed by atoms with van der Waals surface area (Å²) in [5.41, 5.74) is 16.9. The molecule has 2 heteroatoms. The Labute approximate surface area is 144 Å². The Balaban J connectivity index is 2.05. The Morgan fingerprint density at radius 2 is 1.12 bits per heavy atom. The SMILES string of the molecule is NCCC(N)c1cccc(C(c2ccccc2)c2ccccc2)c1. The van der Waals surface area contributed by atoms with Gasteiger partial charge in [-0.3, -0.25) is 0 Å². The van der Waals surface area contributed by atoms with E-state index in [2.05, 4.69) is 84.9 Å². The van der Waals surface area contributed by atoms with Crippen molar-refractivity contribution in [1.82, 2.24) is 0 Å². The van der Waals surface area contributed by atoms with Crippen LogP contribution in [0.1, 0.15) is 40.6 Å². The molecule has 3 rings (SSSR count). The van der Waals surface area contributed by atoms with E-state index >= 15 is 0 Å². The van der Waals surface area contributed by atoms with Gasteiger partial charge in [0.25, 0.3) is 0 Å². The second-order valence-corrected chi connectivity index (χ2v) is 6.11. The Hall–Kier alpha value is -2.42. The summed E-state index contributed by atoms with van der Waals surface area (Å²) in [6.45, 7) is 0.603. The molecule has 24 heavy (non-hydrogen) atoms. The molecule has 0 saturated carbocycles. The Morgan fingerprint density at radius 3 is 1.67 bits per heavy atom. The van der Waals surface area contributed by atoms with Crippen molar-refractivity contribution in [3.05, 3.63) is 107 Å². The molecule has 0 aliphatic carbocycles. The molecule has 0 aliphatic heterocycles. The van der Waals surface area contributed by atoms with Crippen LogP contribution in [0.2, 0.25) is 0 Å². The van der Waals surface area contributed by atoms with Crippen LogP contribution < -0.4 is 11.5 Å². The van der Waals surface area contributed by atoms with Crippen molar-refractivity contribution in [1.29, 1.82) is 0 Å². The topological polar surface area (TPSA) is 52.0 Å². The van der Waals surface area contributed by atoms with E-state index in [1.165, 1.54) is 16.7 Å². The highest BCUT2D eigenvalue weighted by molar-refractivity contribution is 5.44. The summed E-state index contributed by atoms with van der Waals surface area (Å²) < 4.78 is 0. The summed E-state index contributed by atoms with van der Waals surface area (Å²) in [5.74, 6) is 0.206. The minimum absolute atomic E-state index is 0.0119. The maximum Gasteiger partial charge on any atom is 0.0340 e. The largest absolute Gasteiger partial charge is 0.330 e. The molecule has 0 fully saturated rings. The molecule has 4 N–H and O–H groups in total. The minimum atomic E-state index is -0.0119. The van der Waals surface area contributed by atoms with Gasteiger partial charge in [-0.05, 0) is 35.2 Å². The van der Waals surface area contributed by atoms with E-state index in [0.717, 1.165) is 12.0 Å².